The third-order valence-electron chi connectivity index (χ3n) is 3.59. The van der Waals surface area contributed by atoms with Crippen LogP contribution in [0.1, 0.15) is 23.2 Å². The number of hydrogen-bond acceptors (Lipinski definition) is 3. The van der Waals surface area contributed by atoms with Crippen molar-refractivity contribution in [2.24, 2.45) is 5.92 Å². The number of nitrogen functional groups attached to an aromatic ring is 1. The zero-order chi connectivity index (χ0) is 13.4. The molecule has 1 heterocycles. The van der Waals surface area contributed by atoms with Crippen LogP contribution in [0.3, 0.4) is 0 Å². The monoisotopic (exact) mass is 259 g/mol. The lowest BCUT2D eigenvalue weighted by molar-refractivity contribution is 0.0903. The predicted molar refractivity (Wildman–Crippen MR) is 73.8 cm³/mol. The van der Waals surface area contributed by atoms with E-state index in [2.05, 4.69) is 10.3 Å². The second kappa shape index (κ2) is 4.59. The maximum atomic E-state index is 12.1. The first-order valence-corrected chi connectivity index (χ1v) is 6.48. The number of carbonyl (C=O) groups excluding carboxylic acids is 1. The number of hydrogen-bond donors (Lipinski definition) is 4. The molecule has 2 aromatic rings. The van der Waals surface area contributed by atoms with Crippen LogP contribution in [0.2, 0.25) is 0 Å². The van der Waals surface area contributed by atoms with Gasteiger partial charge < -0.3 is 21.1 Å². The highest BCUT2D eigenvalue weighted by atomic mass is 16.3. The molecule has 1 fully saturated rings. The van der Waals surface area contributed by atoms with Gasteiger partial charge in [0.25, 0.3) is 5.91 Å². The molecule has 1 aliphatic rings. The van der Waals surface area contributed by atoms with E-state index in [-0.39, 0.29) is 5.91 Å². The zero-order valence-electron chi connectivity index (χ0n) is 10.5. The number of nitrogens with two attached hydrogens (primary N) is 1. The Hall–Kier alpha value is -2.01. The lowest BCUT2D eigenvalue weighted by Crippen LogP contribution is -2.33. The molecule has 5 N–H and O–H groups in total. The summed E-state index contributed by atoms with van der Waals surface area (Å²) in [7, 11) is 0. The average molecular weight is 259 g/mol. The van der Waals surface area contributed by atoms with E-state index in [0.717, 1.165) is 23.7 Å². The number of aromatic nitrogens is 1. The Bertz CT molecular complexity index is 616. The summed E-state index contributed by atoms with van der Waals surface area (Å²) >= 11 is 0. The Morgan fingerprint density at radius 3 is 3.05 bits per heavy atom. The van der Waals surface area contributed by atoms with Crippen LogP contribution in [0.5, 0.6) is 0 Å². The number of H-pyrrole nitrogens is 1. The first-order valence-electron chi connectivity index (χ1n) is 6.48. The minimum atomic E-state index is -0.426. The Morgan fingerprint density at radius 2 is 2.32 bits per heavy atom. The second-order valence-corrected chi connectivity index (χ2v) is 5.12. The second-order valence-electron chi connectivity index (χ2n) is 5.12. The third-order valence-corrected chi connectivity index (χ3v) is 3.59. The van der Waals surface area contributed by atoms with Crippen molar-refractivity contribution < 1.29 is 9.90 Å². The van der Waals surface area contributed by atoms with Crippen molar-refractivity contribution in [3.63, 3.8) is 0 Å². The van der Waals surface area contributed by atoms with Crippen LogP contribution in [0.25, 0.3) is 10.9 Å². The van der Waals surface area contributed by atoms with Gasteiger partial charge in [0.05, 0.1) is 11.7 Å². The highest BCUT2D eigenvalue weighted by molar-refractivity contribution is 6.07. The van der Waals surface area contributed by atoms with E-state index < -0.39 is 6.10 Å². The molecule has 1 aromatic carbocycles. The lowest BCUT2D eigenvalue weighted by atomic mass is 10.1. The number of benzene rings is 1. The molecule has 0 aliphatic heterocycles. The van der Waals surface area contributed by atoms with Gasteiger partial charge in [-0.05, 0) is 37.0 Å². The Kier molecular flexibility index (Phi) is 2.91. The van der Waals surface area contributed by atoms with Crippen molar-refractivity contribution in [3.05, 3.63) is 30.0 Å². The summed E-state index contributed by atoms with van der Waals surface area (Å²) in [5.74, 6) is 0.193. The van der Waals surface area contributed by atoms with Crippen LogP contribution in [0.4, 0.5) is 5.69 Å². The molecular formula is C14H17N3O2. The summed E-state index contributed by atoms with van der Waals surface area (Å²) < 4.78 is 0. The number of aliphatic hydroxyl groups is 1. The molecule has 1 atom stereocenters. The van der Waals surface area contributed by atoms with Gasteiger partial charge in [-0.3, -0.25) is 4.79 Å². The molecule has 1 aliphatic carbocycles. The van der Waals surface area contributed by atoms with Crippen LogP contribution in [-0.2, 0) is 0 Å². The van der Waals surface area contributed by atoms with E-state index in [9.17, 15) is 9.90 Å². The highest BCUT2D eigenvalue weighted by Gasteiger charge is 2.29. The molecule has 0 radical (unpaired) electrons. The smallest absolute Gasteiger partial charge is 0.253 e. The minimum Gasteiger partial charge on any atom is -0.399 e. The van der Waals surface area contributed by atoms with E-state index in [0.29, 0.717) is 23.7 Å². The fourth-order valence-electron chi connectivity index (χ4n) is 2.27. The van der Waals surface area contributed by atoms with E-state index in [1.807, 2.05) is 6.07 Å². The lowest BCUT2D eigenvalue weighted by Gasteiger charge is -2.10. The summed E-state index contributed by atoms with van der Waals surface area (Å²) in [4.78, 5) is 15.1. The van der Waals surface area contributed by atoms with Crippen molar-refractivity contribution in [1.29, 1.82) is 0 Å². The molecule has 19 heavy (non-hydrogen) atoms. The highest BCUT2D eigenvalue weighted by Crippen LogP contribution is 2.32. The van der Waals surface area contributed by atoms with Gasteiger partial charge in [-0.15, -0.1) is 0 Å². The van der Waals surface area contributed by atoms with Gasteiger partial charge in [0.1, 0.15) is 0 Å². The van der Waals surface area contributed by atoms with Crippen LogP contribution >= 0.6 is 0 Å². The summed E-state index contributed by atoms with van der Waals surface area (Å²) in [6, 6.07) is 5.39. The number of aromatic amines is 1. The molecule has 5 heteroatoms. The predicted octanol–water partition coefficient (Wildman–Crippen LogP) is 1.25. The summed E-state index contributed by atoms with van der Waals surface area (Å²) in [5.41, 5.74) is 7.77. The molecule has 0 bridgehead atoms. The first kappa shape index (κ1) is 12.0. The van der Waals surface area contributed by atoms with Crippen LogP contribution in [-0.4, -0.2) is 28.6 Å². The zero-order valence-corrected chi connectivity index (χ0v) is 10.5. The summed E-state index contributed by atoms with van der Waals surface area (Å²) in [6.07, 6.45) is 3.36. The molecular weight excluding hydrogens is 242 g/mol. The van der Waals surface area contributed by atoms with Crippen LogP contribution < -0.4 is 11.1 Å². The van der Waals surface area contributed by atoms with Crippen molar-refractivity contribution in [2.75, 3.05) is 12.3 Å². The van der Waals surface area contributed by atoms with Gasteiger partial charge in [-0.1, -0.05) is 0 Å². The Morgan fingerprint density at radius 1 is 1.53 bits per heavy atom. The quantitative estimate of drug-likeness (QED) is 0.623. The van der Waals surface area contributed by atoms with E-state index in [1.54, 1.807) is 18.3 Å². The fourth-order valence-corrected chi connectivity index (χ4v) is 2.27. The van der Waals surface area contributed by atoms with Gasteiger partial charge in [-0.25, -0.2) is 0 Å². The third kappa shape index (κ3) is 2.42. The maximum absolute atomic E-state index is 12.1. The fraction of sp³-hybridized carbons (Fsp3) is 0.357. The molecule has 5 nitrogen and oxygen atoms in total. The first-order chi connectivity index (χ1) is 9.15. The molecule has 1 saturated carbocycles. The molecule has 100 valence electrons. The molecule has 0 spiro atoms. The summed E-state index contributed by atoms with van der Waals surface area (Å²) in [5, 5.41) is 13.4. The number of nitrogens with one attached hydrogen (secondary N) is 2. The van der Waals surface area contributed by atoms with E-state index in [4.69, 9.17) is 5.73 Å². The van der Waals surface area contributed by atoms with Gasteiger partial charge in [0.2, 0.25) is 0 Å². The number of anilines is 1. The van der Waals surface area contributed by atoms with Crippen LogP contribution in [0, 0.1) is 5.92 Å². The molecule has 1 aromatic heterocycles. The topological polar surface area (TPSA) is 91.1 Å². The number of rotatable bonds is 4. The molecule has 3 rings (SSSR count). The van der Waals surface area contributed by atoms with Gasteiger partial charge >= 0.3 is 0 Å². The van der Waals surface area contributed by atoms with Crippen molar-refractivity contribution in [2.45, 2.75) is 18.9 Å². The Balaban J connectivity index is 1.73. The number of fused-ring (bicyclic) bond motifs is 1. The maximum Gasteiger partial charge on any atom is 0.253 e. The SMILES string of the molecule is Nc1ccc2c(C(=O)NCC(O)C3CC3)c[nH]c2c1. The molecule has 0 saturated heterocycles. The van der Waals surface area contributed by atoms with Gasteiger partial charge in [0, 0.05) is 29.3 Å². The van der Waals surface area contributed by atoms with Crippen molar-refractivity contribution in [3.8, 4) is 0 Å². The Labute approximate surface area is 110 Å². The van der Waals surface area contributed by atoms with E-state index in [1.165, 1.54) is 0 Å². The normalized spacial score (nSPS) is 16.5. The molecule has 1 unspecified atom stereocenters. The standard InChI is InChI=1S/C14H17N3O2/c15-9-3-4-10-11(6-16-12(10)5-9)14(19)17-7-13(18)8-1-2-8/h3-6,8,13,16,18H,1-2,7,15H2,(H,17,19). The van der Waals surface area contributed by atoms with Gasteiger partial charge in [0.15, 0.2) is 0 Å². The van der Waals surface area contributed by atoms with Crippen LogP contribution in [0.15, 0.2) is 24.4 Å². The van der Waals surface area contributed by atoms with Crippen molar-refractivity contribution in [1.82, 2.24) is 10.3 Å². The summed E-state index contributed by atoms with van der Waals surface area (Å²) in [6.45, 7) is 0.311. The minimum absolute atomic E-state index is 0.171. The molecule has 1 amide bonds. The van der Waals surface area contributed by atoms with Crippen molar-refractivity contribution >= 4 is 22.5 Å². The number of amides is 1. The van der Waals surface area contributed by atoms with E-state index >= 15 is 0 Å². The largest absolute Gasteiger partial charge is 0.399 e. The average Bonchev–Trinajstić information content (AvgIpc) is 3.16. The number of carbonyl (C=O) groups is 1. The van der Waals surface area contributed by atoms with Gasteiger partial charge in [-0.2, -0.15) is 0 Å². The number of aliphatic hydroxyl groups excluding tert-OH is 1.